The van der Waals surface area contributed by atoms with E-state index >= 15 is 0 Å². The number of hydrogen-bond donors (Lipinski definition) is 2. The van der Waals surface area contributed by atoms with Crippen molar-refractivity contribution in [3.8, 4) is 12.3 Å². The second-order valence-electron chi connectivity index (χ2n) is 8.10. The maximum absolute atomic E-state index is 12.0. The molecule has 0 unspecified atom stereocenters. The molecule has 0 aliphatic carbocycles. The molecule has 1 saturated heterocycles. The molecule has 1 fully saturated rings. The number of amides is 2. The minimum atomic E-state index is -1.02. The Balaban J connectivity index is 3.00. The number of likely N-dealkylation sites (tertiary alicyclic amines) is 1. The van der Waals surface area contributed by atoms with Crippen LogP contribution in [0.5, 0.6) is 0 Å². The Bertz CT molecular complexity index is 510. The number of terminal acetylenes is 1. The van der Waals surface area contributed by atoms with Crippen molar-refractivity contribution in [3.05, 3.63) is 0 Å². The molecule has 1 aliphatic rings. The van der Waals surface area contributed by atoms with Gasteiger partial charge in [-0.3, -0.25) is 4.90 Å². The second-order valence-corrected chi connectivity index (χ2v) is 8.10. The highest BCUT2D eigenvalue weighted by Gasteiger charge is 2.54. The van der Waals surface area contributed by atoms with Gasteiger partial charge in [0.1, 0.15) is 5.60 Å². The second kappa shape index (κ2) is 6.31. The number of carbonyl (C=O) groups excluding carboxylic acids is 1. The quantitative estimate of drug-likeness (QED) is 0.765. The summed E-state index contributed by atoms with van der Waals surface area (Å²) in [5.74, 6) is 2.61. The van der Waals surface area contributed by atoms with Gasteiger partial charge in [0.15, 0.2) is 0 Å². The highest BCUT2D eigenvalue weighted by Crippen LogP contribution is 2.46. The monoisotopic (exact) mass is 324 g/mol. The van der Waals surface area contributed by atoms with E-state index in [4.69, 9.17) is 11.2 Å². The molecule has 1 heterocycles. The molecule has 0 bridgehead atoms. The average molecular weight is 324 g/mol. The van der Waals surface area contributed by atoms with Crippen LogP contribution in [0.15, 0.2) is 0 Å². The third kappa shape index (κ3) is 4.31. The summed E-state index contributed by atoms with van der Waals surface area (Å²) in [5, 5.41) is 12.4. The summed E-state index contributed by atoms with van der Waals surface area (Å²) in [6.07, 6.45) is 4.70. The lowest BCUT2D eigenvalue weighted by Gasteiger charge is -2.46. The SMILES string of the molecule is C#CC[C@]1(C(C)(C)C)C[C@@H](NC(=O)OC(C)(C)C)CN1C(=O)O. The number of rotatable bonds is 2. The summed E-state index contributed by atoms with van der Waals surface area (Å²) in [4.78, 5) is 25.1. The molecule has 23 heavy (non-hydrogen) atoms. The zero-order valence-corrected chi connectivity index (χ0v) is 14.9. The molecule has 2 N–H and O–H groups in total. The van der Waals surface area contributed by atoms with Crippen LogP contribution in [0.3, 0.4) is 0 Å². The van der Waals surface area contributed by atoms with Crippen LogP contribution in [0, 0.1) is 17.8 Å². The highest BCUT2D eigenvalue weighted by atomic mass is 16.6. The number of nitrogens with one attached hydrogen (secondary N) is 1. The Kier molecular flexibility index (Phi) is 5.25. The molecule has 0 radical (unpaired) electrons. The zero-order chi connectivity index (χ0) is 18.1. The number of carboxylic acid groups (broad SMARTS) is 1. The lowest BCUT2D eigenvalue weighted by molar-refractivity contribution is 0.0342. The Morgan fingerprint density at radius 2 is 1.91 bits per heavy atom. The Labute approximate surface area is 138 Å². The molecular weight excluding hydrogens is 296 g/mol. The van der Waals surface area contributed by atoms with Crippen molar-refractivity contribution in [2.45, 2.75) is 71.6 Å². The molecule has 0 aromatic rings. The molecule has 130 valence electrons. The van der Waals surface area contributed by atoms with E-state index in [1.807, 2.05) is 20.8 Å². The third-order valence-electron chi connectivity index (χ3n) is 4.25. The molecule has 0 saturated carbocycles. The fourth-order valence-corrected chi connectivity index (χ4v) is 3.12. The normalized spacial score (nSPS) is 24.9. The summed E-state index contributed by atoms with van der Waals surface area (Å²) in [6, 6.07) is -0.325. The molecule has 1 rings (SSSR count). The Morgan fingerprint density at radius 3 is 2.30 bits per heavy atom. The van der Waals surface area contributed by atoms with Crippen LogP contribution in [0.2, 0.25) is 0 Å². The zero-order valence-electron chi connectivity index (χ0n) is 14.9. The van der Waals surface area contributed by atoms with Crippen molar-refractivity contribution in [1.29, 1.82) is 0 Å². The number of nitrogens with zero attached hydrogens (tertiary/aromatic N) is 1. The predicted octanol–water partition coefficient (Wildman–Crippen LogP) is 3.07. The van der Waals surface area contributed by atoms with Crippen molar-refractivity contribution < 1.29 is 19.4 Å². The third-order valence-corrected chi connectivity index (χ3v) is 4.25. The van der Waals surface area contributed by atoms with E-state index in [2.05, 4.69) is 11.2 Å². The van der Waals surface area contributed by atoms with Crippen LogP contribution < -0.4 is 5.32 Å². The van der Waals surface area contributed by atoms with Crippen molar-refractivity contribution in [2.75, 3.05) is 6.54 Å². The van der Waals surface area contributed by atoms with Gasteiger partial charge >= 0.3 is 12.2 Å². The van der Waals surface area contributed by atoms with E-state index in [0.717, 1.165) is 0 Å². The maximum Gasteiger partial charge on any atom is 0.407 e. The minimum Gasteiger partial charge on any atom is -0.465 e. The standard InChI is InChI=1S/C17H28N2O4/c1-8-9-17(15(2,3)4)10-12(11-19(17)14(21)22)18-13(20)23-16(5,6)7/h1,12H,9-11H2,2-7H3,(H,18,20)(H,21,22)/t12-,17-/m1/s1. The van der Waals surface area contributed by atoms with E-state index < -0.39 is 23.3 Å². The smallest absolute Gasteiger partial charge is 0.407 e. The first-order valence-electron chi connectivity index (χ1n) is 7.76. The largest absolute Gasteiger partial charge is 0.465 e. The van der Waals surface area contributed by atoms with E-state index in [0.29, 0.717) is 12.8 Å². The summed E-state index contributed by atoms with van der Waals surface area (Å²) in [7, 11) is 0. The lowest BCUT2D eigenvalue weighted by Crippen LogP contribution is -2.55. The molecule has 2 amide bonds. The summed E-state index contributed by atoms with van der Waals surface area (Å²) >= 11 is 0. The van der Waals surface area contributed by atoms with Gasteiger partial charge in [-0.2, -0.15) is 0 Å². The molecule has 2 atom stereocenters. The van der Waals surface area contributed by atoms with Gasteiger partial charge in [-0.05, 0) is 32.6 Å². The number of alkyl carbamates (subject to hydrolysis) is 1. The van der Waals surface area contributed by atoms with Crippen LogP contribution in [-0.4, -0.2) is 45.9 Å². The fourth-order valence-electron chi connectivity index (χ4n) is 3.12. The molecule has 0 aromatic heterocycles. The van der Waals surface area contributed by atoms with Gasteiger partial charge in [-0.15, -0.1) is 12.3 Å². The molecule has 0 aromatic carbocycles. The predicted molar refractivity (Wildman–Crippen MR) is 88.1 cm³/mol. The van der Waals surface area contributed by atoms with E-state index in [-0.39, 0.29) is 18.0 Å². The molecule has 6 nitrogen and oxygen atoms in total. The number of hydrogen-bond acceptors (Lipinski definition) is 3. The molecular formula is C17H28N2O4. The number of carbonyl (C=O) groups is 2. The van der Waals surface area contributed by atoms with Gasteiger partial charge in [0.2, 0.25) is 0 Å². The maximum atomic E-state index is 12.0. The summed E-state index contributed by atoms with van der Waals surface area (Å²) in [6.45, 7) is 11.4. The van der Waals surface area contributed by atoms with Crippen LogP contribution in [0.25, 0.3) is 0 Å². The van der Waals surface area contributed by atoms with Gasteiger partial charge in [0.25, 0.3) is 0 Å². The van der Waals surface area contributed by atoms with Crippen LogP contribution >= 0.6 is 0 Å². The summed E-state index contributed by atoms with van der Waals surface area (Å²) < 4.78 is 5.25. The average Bonchev–Trinajstić information content (AvgIpc) is 2.66. The van der Waals surface area contributed by atoms with Gasteiger partial charge in [0, 0.05) is 13.0 Å². The van der Waals surface area contributed by atoms with Gasteiger partial charge in [-0.1, -0.05) is 20.8 Å². The minimum absolute atomic E-state index is 0.202. The van der Waals surface area contributed by atoms with Crippen molar-refractivity contribution in [2.24, 2.45) is 5.41 Å². The van der Waals surface area contributed by atoms with E-state index in [1.165, 1.54) is 4.90 Å². The van der Waals surface area contributed by atoms with Gasteiger partial charge < -0.3 is 15.2 Å². The molecule has 6 heteroatoms. The fraction of sp³-hybridized carbons (Fsp3) is 0.765. The van der Waals surface area contributed by atoms with Gasteiger partial charge in [0.05, 0.1) is 11.6 Å². The van der Waals surface area contributed by atoms with Crippen molar-refractivity contribution in [3.63, 3.8) is 0 Å². The first-order valence-corrected chi connectivity index (χ1v) is 7.76. The van der Waals surface area contributed by atoms with Crippen LogP contribution in [-0.2, 0) is 4.74 Å². The van der Waals surface area contributed by atoms with Gasteiger partial charge in [-0.25, -0.2) is 9.59 Å². The van der Waals surface area contributed by atoms with Crippen LogP contribution in [0.4, 0.5) is 9.59 Å². The van der Waals surface area contributed by atoms with E-state index in [1.54, 1.807) is 20.8 Å². The Morgan fingerprint density at radius 1 is 1.35 bits per heavy atom. The summed E-state index contributed by atoms with van der Waals surface area (Å²) in [5.41, 5.74) is -1.68. The van der Waals surface area contributed by atoms with Crippen LogP contribution in [0.1, 0.15) is 54.4 Å². The first kappa shape index (κ1) is 19.1. The lowest BCUT2D eigenvalue weighted by atomic mass is 9.69. The highest BCUT2D eigenvalue weighted by molar-refractivity contribution is 5.70. The van der Waals surface area contributed by atoms with E-state index in [9.17, 15) is 14.7 Å². The van der Waals surface area contributed by atoms with Crippen molar-refractivity contribution >= 4 is 12.2 Å². The first-order chi connectivity index (χ1) is 10.3. The molecule has 1 aliphatic heterocycles. The molecule has 0 spiro atoms. The van der Waals surface area contributed by atoms with Crippen molar-refractivity contribution in [1.82, 2.24) is 10.2 Å². The number of ether oxygens (including phenoxy) is 1. The Hall–Kier alpha value is -1.90. The topological polar surface area (TPSA) is 78.9 Å².